The Hall–Kier alpha value is -1.84. The van der Waals surface area contributed by atoms with Crippen LogP contribution in [0.1, 0.15) is 22.8 Å². The number of hydrogen-bond acceptors (Lipinski definition) is 6. The number of benzene rings is 1. The van der Waals surface area contributed by atoms with Crippen LogP contribution in [0.4, 0.5) is 0 Å². The zero-order valence-electron chi connectivity index (χ0n) is 13.3. The minimum atomic E-state index is -3.25. The molecular formula is C15H19N5O2S2. The molecule has 128 valence electrons. The number of sulfonamides is 1. The second-order valence-electron chi connectivity index (χ2n) is 5.49. The Labute approximate surface area is 144 Å². The molecule has 0 aliphatic rings. The summed E-state index contributed by atoms with van der Waals surface area (Å²) in [6.45, 7) is 2.18. The summed E-state index contributed by atoms with van der Waals surface area (Å²) in [7, 11) is -3.25. The van der Waals surface area contributed by atoms with Crippen molar-refractivity contribution in [2.45, 2.75) is 26.2 Å². The van der Waals surface area contributed by atoms with Gasteiger partial charge in [-0.2, -0.15) is 9.61 Å². The van der Waals surface area contributed by atoms with E-state index in [0.717, 1.165) is 27.8 Å². The van der Waals surface area contributed by atoms with E-state index >= 15 is 0 Å². The maximum absolute atomic E-state index is 12.0. The average molecular weight is 365 g/mol. The molecule has 0 unspecified atom stereocenters. The Bertz CT molecular complexity index is 902. The Balaban J connectivity index is 1.44. The van der Waals surface area contributed by atoms with Crippen LogP contribution in [0, 0.1) is 6.92 Å². The van der Waals surface area contributed by atoms with Crippen molar-refractivity contribution >= 4 is 26.3 Å². The van der Waals surface area contributed by atoms with Gasteiger partial charge in [-0.3, -0.25) is 0 Å². The molecule has 9 heteroatoms. The molecule has 0 atom stereocenters. The topological polar surface area (TPSA) is 89.2 Å². The van der Waals surface area contributed by atoms with Gasteiger partial charge in [0, 0.05) is 13.0 Å². The van der Waals surface area contributed by atoms with Gasteiger partial charge in [0.1, 0.15) is 5.01 Å². The van der Waals surface area contributed by atoms with E-state index in [1.165, 1.54) is 11.3 Å². The molecule has 3 aromatic rings. The third-order valence-corrected chi connectivity index (χ3v) is 6.00. The van der Waals surface area contributed by atoms with Crippen LogP contribution in [0.25, 0.3) is 4.96 Å². The predicted octanol–water partition coefficient (Wildman–Crippen LogP) is 1.59. The molecule has 24 heavy (non-hydrogen) atoms. The molecule has 0 amide bonds. The largest absolute Gasteiger partial charge is 0.234 e. The molecule has 7 nitrogen and oxygen atoms in total. The smallest absolute Gasteiger partial charge is 0.215 e. The number of fused-ring (bicyclic) bond motifs is 1. The predicted molar refractivity (Wildman–Crippen MR) is 93.7 cm³/mol. The van der Waals surface area contributed by atoms with Gasteiger partial charge < -0.3 is 0 Å². The van der Waals surface area contributed by atoms with Crippen LogP contribution in [0.2, 0.25) is 0 Å². The molecule has 0 aliphatic carbocycles. The van der Waals surface area contributed by atoms with Crippen LogP contribution >= 0.6 is 11.3 Å². The van der Waals surface area contributed by atoms with Gasteiger partial charge in [0.25, 0.3) is 0 Å². The van der Waals surface area contributed by atoms with Crippen molar-refractivity contribution in [2.24, 2.45) is 0 Å². The van der Waals surface area contributed by atoms with E-state index in [0.29, 0.717) is 19.4 Å². The van der Waals surface area contributed by atoms with E-state index < -0.39 is 10.0 Å². The van der Waals surface area contributed by atoms with Crippen LogP contribution in [0.5, 0.6) is 0 Å². The quantitative estimate of drug-likeness (QED) is 0.655. The van der Waals surface area contributed by atoms with Crippen LogP contribution < -0.4 is 4.72 Å². The van der Waals surface area contributed by atoms with E-state index in [9.17, 15) is 8.42 Å². The van der Waals surface area contributed by atoms with Gasteiger partial charge in [-0.05, 0) is 25.3 Å². The minimum absolute atomic E-state index is 0.131. The highest BCUT2D eigenvalue weighted by Crippen LogP contribution is 2.13. The van der Waals surface area contributed by atoms with Gasteiger partial charge in [0.05, 0.1) is 5.75 Å². The first-order chi connectivity index (χ1) is 11.5. The van der Waals surface area contributed by atoms with Crippen molar-refractivity contribution in [3.63, 3.8) is 0 Å². The highest BCUT2D eigenvalue weighted by molar-refractivity contribution is 7.89. The lowest BCUT2D eigenvalue weighted by molar-refractivity contribution is 0.578. The lowest BCUT2D eigenvalue weighted by Crippen LogP contribution is -2.28. The molecule has 3 rings (SSSR count). The molecular weight excluding hydrogens is 346 g/mol. The van der Waals surface area contributed by atoms with Gasteiger partial charge in [-0.15, -0.1) is 10.2 Å². The van der Waals surface area contributed by atoms with Crippen LogP contribution in [-0.2, 0) is 22.9 Å². The second-order valence-corrected chi connectivity index (χ2v) is 8.46. The Morgan fingerprint density at radius 1 is 1.17 bits per heavy atom. The average Bonchev–Trinajstić information content (AvgIpc) is 3.10. The maximum Gasteiger partial charge on any atom is 0.234 e. The Morgan fingerprint density at radius 2 is 1.96 bits per heavy atom. The van der Waals surface area contributed by atoms with Crippen LogP contribution in [-0.4, -0.2) is 40.5 Å². The minimum Gasteiger partial charge on any atom is -0.215 e. The lowest BCUT2D eigenvalue weighted by atomic mass is 10.1. The van der Waals surface area contributed by atoms with Crippen molar-refractivity contribution in [3.8, 4) is 0 Å². The van der Waals surface area contributed by atoms with Gasteiger partial charge in [-0.25, -0.2) is 13.1 Å². The van der Waals surface area contributed by atoms with E-state index in [1.807, 2.05) is 37.3 Å². The molecule has 0 spiro atoms. The van der Waals surface area contributed by atoms with Gasteiger partial charge in [0.15, 0.2) is 5.82 Å². The zero-order valence-corrected chi connectivity index (χ0v) is 15.0. The summed E-state index contributed by atoms with van der Waals surface area (Å²) >= 11 is 1.43. The molecule has 2 heterocycles. The van der Waals surface area contributed by atoms with E-state index in [-0.39, 0.29) is 5.75 Å². The second kappa shape index (κ2) is 7.37. The van der Waals surface area contributed by atoms with Crippen LogP contribution in [0.3, 0.4) is 0 Å². The summed E-state index contributed by atoms with van der Waals surface area (Å²) in [6.07, 6.45) is 1.92. The van der Waals surface area contributed by atoms with Gasteiger partial charge >= 0.3 is 0 Å². The molecule has 0 bridgehead atoms. The Morgan fingerprint density at radius 3 is 2.71 bits per heavy atom. The summed E-state index contributed by atoms with van der Waals surface area (Å²) in [5, 5.41) is 13.1. The number of nitrogens with one attached hydrogen (secondary N) is 1. The number of hydrogen-bond donors (Lipinski definition) is 1. The van der Waals surface area contributed by atoms with Crippen molar-refractivity contribution in [1.82, 2.24) is 24.5 Å². The van der Waals surface area contributed by atoms with Crippen molar-refractivity contribution < 1.29 is 8.42 Å². The summed E-state index contributed by atoms with van der Waals surface area (Å²) in [5.41, 5.74) is 1.16. The molecule has 0 fully saturated rings. The maximum atomic E-state index is 12.0. The third kappa shape index (κ3) is 4.37. The monoisotopic (exact) mass is 365 g/mol. The van der Waals surface area contributed by atoms with Crippen molar-refractivity contribution in [1.29, 1.82) is 0 Å². The molecule has 1 N–H and O–H groups in total. The SMILES string of the molecule is Cc1nnc2sc(CCNS(=O)(=O)CCCc3ccccc3)nn12. The lowest BCUT2D eigenvalue weighted by Gasteiger charge is -2.05. The number of aromatic nitrogens is 4. The van der Waals surface area contributed by atoms with E-state index in [4.69, 9.17) is 0 Å². The molecule has 0 radical (unpaired) electrons. The first-order valence-corrected chi connectivity index (χ1v) is 10.2. The molecule has 2 aromatic heterocycles. The number of nitrogens with zero attached hydrogens (tertiary/aromatic N) is 4. The first kappa shape index (κ1) is 17.0. The van der Waals surface area contributed by atoms with E-state index in [1.54, 1.807) is 4.52 Å². The highest BCUT2D eigenvalue weighted by Gasteiger charge is 2.12. The first-order valence-electron chi connectivity index (χ1n) is 7.72. The summed E-state index contributed by atoms with van der Waals surface area (Å²) in [5.74, 6) is 0.862. The van der Waals surface area contributed by atoms with Crippen molar-refractivity contribution in [2.75, 3.05) is 12.3 Å². The fourth-order valence-corrected chi connectivity index (χ4v) is 4.31. The molecule has 0 saturated heterocycles. The summed E-state index contributed by atoms with van der Waals surface area (Å²) in [4.78, 5) is 0.730. The highest BCUT2D eigenvalue weighted by atomic mass is 32.2. The number of aryl methyl sites for hydroxylation is 2. The van der Waals surface area contributed by atoms with Gasteiger partial charge in [-0.1, -0.05) is 41.7 Å². The molecule has 0 saturated carbocycles. The summed E-state index contributed by atoms with van der Waals surface area (Å²) in [6, 6.07) is 9.90. The fraction of sp³-hybridized carbons (Fsp3) is 0.400. The fourth-order valence-electron chi connectivity index (χ4n) is 2.35. The molecule has 1 aromatic carbocycles. The van der Waals surface area contributed by atoms with E-state index in [2.05, 4.69) is 20.0 Å². The third-order valence-electron chi connectivity index (χ3n) is 3.57. The normalized spacial score (nSPS) is 12.0. The summed E-state index contributed by atoms with van der Waals surface area (Å²) < 4.78 is 28.4. The van der Waals surface area contributed by atoms with Crippen LogP contribution in [0.15, 0.2) is 30.3 Å². The number of rotatable bonds is 8. The standard InChI is InChI=1S/C15H19N5O2S2/c1-12-17-18-15-20(12)19-14(23-15)9-10-16-24(21,22)11-5-8-13-6-3-2-4-7-13/h2-4,6-7,16H,5,8-11H2,1H3. The van der Waals surface area contributed by atoms with Crippen molar-refractivity contribution in [3.05, 3.63) is 46.7 Å². The van der Waals surface area contributed by atoms with Gasteiger partial charge in [0.2, 0.25) is 15.0 Å². The zero-order chi connectivity index (χ0) is 17.0. The molecule has 0 aliphatic heterocycles. The Kier molecular flexibility index (Phi) is 5.22.